The number of benzene rings is 3. The molecule has 0 radical (unpaired) electrons. The SMILES string of the molecule is Cc1ccc(OC(C)C(=O)Oc2ccc3c(=O)c(-c4ccccc4)c(C)oc3c2)cc1. The van der Waals surface area contributed by atoms with Crippen LogP contribution in [0.25, 0.3) is 22.1 Å². The van der Waals surface area contributed by atoms with Crippen LogP contribution in [0.3, 0.4) is 0 Å². The first kappa shape index (κ1) is 20.4. The minimum absolute atomic E-state index is 0.126. The lowest BCUT2D eigenvalue weighted by molar-refractivity contribution is -0.141. The third-order valence-electron chi connectivity index (χ3n) is 4.99. The van der Waals surface area contributed by atoms with Crippen LogP contribution in [-0.4, -0.2) is 12.1 Å². The van der Waals surface area contributed by atoms with Gasteiger partial charge in [0.15, 0.2) is 6.10 Å². The van der Waals surface area contributed by atoms with E-state index in [1.54, 1.807) is 44.2 Å². The number of carbonyl (C=O) groups excluding carboxylic acids is 1. The fraction of sp³-hybridized carbons (Fsp3) is 0.154. The summed E-state index contributed by atoms with van der Waals surface area (Å²) < 4.78 is 17.0. The second kappa shape index (κ2) is 8.48. The number of hydrogen-bond donors (Lipinski definition) is 0. The van der Waals surface area contributed by atoms with E-state index in [-0.39, 0.29) is 11.2 Å². The van der Waals surface area contributed by atoms with Gasteiger partial charge in [0.05, 0.1) is 10.9 Å². The number of esters is 1. The summed E-state index contributed by atoms with van der Waals surface area (Å²) >= 11 is 0. The Labute approximate surface area is 179 Å². The van der Waals surface area contributed by atoms with Crippen molar-refractivity contribution >= 4 is 16.9 Å². The topological polar surface area (TPSA) is 65.7 Å². The summed E-state index contributed by atoms with van der Waals surface area (Å²) in [6, 6.07) is 21.6. The van der Waals surface area contributed by atoms with Crippen molar-refractivity contribution in [2.75, 3.05) is 0 Å². The van der Waals surface area contributed by atoms with E-state index in [4.69, 9.17) is 13.9 Å². The minimum Gasteiger partial charge on any atom is -0.479 e. The third-order valence-corrected chi connectivity index (χ3v) is 4.99. The fourth-order valence-corrected chi connectivity index (χ4v) is 3.36. The van der Waals surface area contributed by atoms with Crippen molar-refractivity contribution in [3.8, 4) is 22.6 Å². The van der Waals surface area contributed by atoms with Crippen LogP contribution in [0.5, 0.6) is 11.5 Å². The van der Waals surface area contributed by atoms with Gasteiger partial charge >= 0.3 is 5.97 Å². The summed E-state index contributed by atoms with van der Waals surface area (Å²) in [5, 5.41) is 0.424. The van der Waals surface area contributed by atoms with Crippen molar-refractivity contribution in [2.45, 2.75) is 26.9 Å². The fourth-order valence-electron chi connectivity index (χ4n) is 3.36. The van der Waals surface area contributed by atoms with E-state index in [1.165, 1.54) is 0 Å². The Hall–Kier alpha value is -3.86. The van der Waals surface area contributed by atoms with Crippen LogP contribution in [0.1, 0.15) is 18.2 Å². The molecule has 4 rings (SSSR count). The highest BCUT2D eigenvalue weighted by atomic mass is 16.6. The molecule has 4 aromatic rings. The summed E-state index contributed by atoms with van der Waals surface area (Å²) in [7, 11) is 0. The van der Waals surface area contributed by atoms with Crippen molar-refractivity contribution in [1.29, 1.82) is 0 Å². The maximum absolute atomic E-state index is 13.0. The first-order valence-corrected chi connectivity index (χ1v) is 10.0. The lowest BCUT2D eigenvalue weighted by Crippen LogP contribution is -2.28. The summed E-state index contributed by atoms with van der Waals surface area (Å²) in [6.45, 7) is 5.35. The summed E-state index contributed by atoms with van der Waals surface area (Å²) in [5.41, 5.74) is 2.66. The highest BCUT2D eigenvalue weighted by Gasteiger charge is 2.19. The lowest BCUT2D eigenvalue weighted by atomic mass is 10.0. The van der Waals surface area contributed by atoms with Crippen molar-refractivity contribution < 1.29 is 18.7 Å². The molecule has 0 saturated heterocycles. The number of carbonyl (C=O) groups is 1. The molecule has 31 heavy (non-hydrogen) atoms. The molecule has 3 aromatic carbocycles. The lowest BCUT2D eigenvalue weighted by Gasteiger charge is -2.14. The number of hydrogen-bond acceptors (Lipinski definition) is 5. The largest absolute Gasteiger partial charge is 0.479 e. The zero-order chi connectivity index (χ0) is 22.0. The number of ether oxygens (including phenoxy) is 2. The van der Waals surface area contributed by atoms with Gasteiger partial charge in [-0.25, -0.2) is 4.79 Å². The normalized spacial score (nSPS) is 11.8. The highest BCUT2D eigenvalue weighted by Crippen LogP contribution is 2.26. The van der Waals surface area contributed by atoms with Gasteiger partial charge in [-0.3, -0.25) is 4.79 Å². The molecule has 5 nitrogen and oxygen atoms in total. The van der Waals surface area contributed by atoms with Crippen LogP contribution in [0, 0.1) is 13.8 Å². The van der Waals surface area contributed by atoms with Gasteiger partial charge in [0.25, 0.3) is 0 Å². The molecular formula is C26H22O5. The molecule has 1 atom stereocenters. The van der Waals surface area contributed by atoms with Crippen molar-refractivity contribution in [3.63, 3.8) is 0 Å². The number of fused-ring (bicyclic) bond motifs is 1. The number of aryl methyl sites for hydroxylation is 2. The quantitative estimate of drug-likeness (QED) is 0.321. The van der Waals surface area contributed by atoms with Gasteiger partial charge in [-0.05, 0) is 50.6 Å². The molecule has 1 aromatic heterocycles. The third kappa shape index (κ3) is 4.36. The van der Waals surface area contributed by atoms with Crippen LogP contribution in [0.4, 0.5) is 0 Å². The highest BCUT2D eigenvalue weighted by molar-refractivity contribution is 5.85. The maximum Gasteiger partial charge on any atom is 0.352 e. The molecule has 5 heteroatoms. The Kier molecular flexibility index (Phi) is 5.58. The van der Waals surface area contributed by atoms with Gasteiger partial charge in [0.2, 0.25) is 5.43 Å². The average molecular weight is 414 g/mol. The van der Waals surface area contributed by atoms with Gasteiger partial charge < -0.3 is 13.9 Å². The zero-order valence-corrected chi connectivity index (χ0v) is 17.5. The van der Waals surface area contributed by atoms with Crippen LogP contribution in [0.2, 0.25) is 0 Å². The van der Waals surface area contributed by atoms with Crippen LogP contribution in [-0.2, 0) is 4.79 Å². The smallest absolute Gasteiger partial charge is 0.352 e. The molecule has 0 amide bonds. The predicted octanol–water partition coefficient (Wildman–Crippen LogP) is 5.45. The summed E-state index contributed by atoms with van der Waals surface area (Å²) in [5.74, 6) is 0.832. The molecule has 0 fully saturated rings. The molecule has 0 aliphatic rings. The summed E-state index contributed by atoms with van der Waals surface area (Å²) in [6.07, 6.45) is -0.799. The molecule has 0 aliphatic heterocycles. The van der Waals surface area contributed by atoms with E-state index in [0.717, 1.165) is 11.1 Å². The molecule has 1 unspecified atom stereocenters. The van der Waals surface area contributed by atoms with Gasteiger partial charge in [0.1, 0.15) is 22.8 Å². The molecule has 0 aliphatic carbocycles. The van der Waals surface area contributed by atoms with Gasteiger partial charge in [0, 0.05) is 6.07 Å². The second-order valence-electron chi connectivity index (χ2n) is 7.38. The second-order valence-corrected chi connectivity index (χ2v) is 7.38. The monoisotopic (exact) mass is 414 g/mol. The Morgan fingerprint density at radius 2 is 1.58 bits per heavy atom. The van der Waals surface area contributed by atoms with E-state index in [2.05, 4.69) is 0 Å². The molecule has 0 N–H and O–H groups in total. The summed E-state index contributed by atoms with van der Waals surface area (Å²) in [4.78, 5) is 25.5. The van der Waals surface area contributed by atoms with Gasteiger partial charge in [-0.15, -0.1) is 0 Å². The van der Waals surface area contributed by atoms with E-state index in [9.17, 15) is 9.59 Å². The van der Waals surface area contributed by atoms with E-state index in [1.807, 2.05) is 49.4 Å². The predicted molar refractivity (Wildman–Crippen MR) is 120 cm³/mol. The van der Waals surface area contributed by atoms with Crippen LogP contribution in [0.15, 0.2) is 82.0 Å². The van der Waals surface area contributed by atoms with Crippen molar-refractivity contribution in [3.05, 3.63) is 94.3 Å². The molecule has 0 saturated carbocycles. The Balaban J connectivity index is 1.57. The molecular weight excluding hydrogens is 392 g/mol. The van der Waals surface area contributed by atoms with E-state index < -0.39 is 12.1 Å². The Morgan fingerprint density at radius 1 is 0.903 bits per heavy atom. The maximum atomic E-state index is 13.0. The molecule has 0 spiro atoms. The Bertz CT molecular complexity index is 1290. The molecule has 1 heterocycles. The first-order valence-electron chi connectivity index (χ1n) is 10.0. The molecule has 156 valence electrons. The Morgan fingerprint density at radius 3 is 2.29 bits per heavy atom. The zero-order valence-electron chi connectivity index (χ0n) is 17.5. The van der Waals surface area contributed by atoms with E-state index in [0.29, 0.717) is 28.0 Å². The van der Waals surface area contributed by atoms with Crippen LogP contribution >= 0.6 is 0 Å². The van der Waals surface area contributed by atoms with Gasteiger partial charge in [-0.1, -0.05) is 48.0 Å². The standard InChI is InChI=1S/C26H22O5/c1-16-9-11-20(12-10-16)29-18(3)26(28)31-21-13-14-22-23(15-21)30-17(2)24(25(22)27)19-7-5-4-6-8-19/h4-15,18H,1-3H3. The number of rotatable bonds is 5. The molecule has 0 bridgehead atoms. The van der Waals surface area contributed by atoms with Gasteiger partial charge in [-0.2, -0.15) is 0 Å². The van der Waals surface area contributed by atoms with Crippen molar-refractivity contribution in [2.24, 2.45) is 0 Å². The van der Waals surface area contributed by atoms with Crippen molar-refractivity contribution in [1.82, 2.24) is 0 Å². The first-order chi connectivity index (χ1) is 14.9. The van der Waals surface area contributed by atoms with Crippen LogP contribution < -0.4 is 14.9 Å². The average Bonchev–Trinajstić information content (AvgIpc) is 2.76. The minimum atomic E-state index is -0.799. The van der Waals surface area contributed by atoms with E-state index >= 15 is 0 Å².